The fraction of sp³-hybridized carbons (Fsp3) is 0.476. The van der Waals surface area contributed by atoms with Crippen molar-refractivity contribution in [1.82, 2.24) is 23.6 Å². The molecular weight excluding hydrogens is 373 g/mol. The van der Waals surface area contributed by atoms with Crippen molar-refractivity contribution in [2.24, 2.45) is 14.1 Å². The molecule has 1 fully saturated rings. The zero-order chi connectivity index (χ0) is 20.7. The van der Waals surface area contributed by atoms with Gasteiger partial charge in [-0.3, -0.25) is 18.8 Å². The van der Waals surface area contributed by atoms with Crippen LogP contribution in [0.15, 0.2) is 33.9 Å². The highest BCUT2D eigenvalue weighted by Crippen LogP contribution is 2.21. The van der Waals surface area contributed by atoms with E-state index in [9.17, 15) is 14.0 Å². The zero-order valence-electron chi connectivity index (χ0n) is 17.1. The highest BCUT2D eigenvalue weighted by Gasteiger charge is 2.24. The molecule has 7 nitrogen and oxygen atoms in total. The van der Waals surface area contributed by atoms with Crippen LogP contribution in [0.3, 0.4) is 0 Å². The molecule has 0 spiro atoms. The number of hydrogen-bond donors (Lipinski definition) is 0. The van der Waals surface area contributed by atoms with Crippen molar-refractivity contribution in [3.05, 3.63) is 62.3 Å². The molecule has 0 bridgehead atoms. The highest BCUT2D eigenvalue weighted by molar-refractivity contribution is 5.71. The Labute approximate surface area is 168 Å². The molecule has 8 heteroatoms. The molecule has 1 saturated heterocycles. The Bertz CT molecular complexity index is 1160. The van der Waals surface area contributed by atoms with Gasteiger partial charge in [-0.25, -0.2) is 14.2 Å². The first-order valence-electron chi connectivity index (χ1n) is 10.0. The van der Waals surface area contributed by atoms with Crippen LogP contribution in [0, 0.1) is 5.82 Å². The van der Waals surface area contributed by atoms with Crippen molar-refractivity contribution in [3.8, 4) is 0 Å². The van der Waals surface area contributed by atoms with Crippen molar-refractivity contribution in [2.45, 2.75) is 45.3 Å². The van der Waals surface area contributed by atoms with Gasteiger partial charge in [-0.05, 0) is 44.0 Å². The lowest BCUT2D eigenvalue weighted by atomic mass is 10.0. The summed E-state index contributed by atoms with van der Waals surface area (Å²) in [6, 6.07) is 6.68. The Kier molecular flexibility index (Phi) is 5.12. The van der Waals surface area contributed by atoms with Crippen molar-refractivity contribution in [3.63, 3.8) is 0 Å². The standard InChI is InChI=1S/C21H26FN5O2/c1-14-6-4-5-11-26(14)13-17-23-19-18(20(28)25(3)21(29)24(19)2)27(17)12-15-7-9-16(22)10-8-15/h7-10,14H,4-6,11-13H2,1-3H3/t14-/m0/s1. The van der Waals surface area contributed by atoms with Crippen molar-refractivity contribution >= 4 is 11.2 Å². The first kappa shape index (κ1) is 19.6. The molecule has 0 saturated carbocycles. The van der Waals surface area contributed by atoms with Gasteiger partial charge in [0.15, 0.2) is 11.2 Å². The summed E-state index contributed by atoms with van der Waals surface area (Å²) in [6.07, 6.45) is 3.50. The number of piperidine rings is 1. The average Bonchev–Trinajstić information content (AvgIpc) is 3.06. The molecule has 3 aromatic rings. The van der Waals surface area contributed by atoms with E-state index in [-0.39, 0.29) is 11.4 Å². The van der Waals surface area contributed by atoms with Crippen LogP contribution < -0.4 is 11.2 Å². The summed E-state index contributed by atoms with van der Waals surface area (Å²) in [5.41, 5.74) is 0.899. The number of aromatic nitrogens is 4. The largest absolute Gasteiger partial charge is 0.332 e. The second-order valence-electron chi connectivity index (χ2n) is 7.93. The summed E-state index contributed by atoms with van der Waals surface area (Å²) in [7, 11) is 3.11. The second kappa shape index (κ2) is 7.59. The first-order chi connectivity index (χ1) is 13.9. The van der Waals surface area contributed by atoms with Gasteiger partial charge in [0.1, 0.15) is 11.6 Å². The van der Waals surface area contributed by atoms with E-state index < -0.39 is 5.69 Å². The summed E-state index contributed by atoms with van der Waals surface area (Å²) in [5.74, 6) is 0.446. The molecule has 1 aromatic carbocycles. The molecular formula is C21H26FN5O2. The molecule has 2 aromatic heterocycles. The maximum Gasteiger partial charge on any atom is 0.332 e. The molecule has 0 aliphatic carbocycles. The quantitative estimate of drug-likeness (QED) is 0.673. The van der Waals surface area contributed by atoms with Gasteiger partial charge in [0.2, 0.25) is 0 Å². The van der Waals surface area contributed by atoms with E-state index in [1.165, 1.54) is 30.2 Å². The lowest BCUT2D eigenvalue weighted by molar-refractivity contribution is 0.147. The van der Waals surface area contributed by atoms with E-state index in [2.05, 4.69) is 11.8 Å². The number of hydrogen-bond acceptors (Lipinski definition) is 4. The van der Waals surface area contributed by atoms with Gasteiger partial charge < -0.3 is 4.57 Å². The van der Waals surface area contributed by atoms with Gasteiger partial charge in [-0.15, -0.1) is 0 Å². The van der Waals surface area contributed by atoms with Crippen LogP contribution in [0.5, 0.6) is 0 Å². The van der Waals surface area contributed by atoms with Crippen LogP contribution >= 0.6 is 0 Å². The lowest BCUT2D eigenvalue weighted by Crippen LogP contribution is -2.38. The number of likely N-dealkylation sites (tertiary alicyclic amines) is 1. The summed E-state index contributed by atoms with van der Waals surface area (Å²) in [4.78, 5) is 32.4. The summed E-state index contributed by atoms with van der Waals surface area (Å²) < 4.78 is 17.8. The third-order valence-electron chi connectivity index (χ3n) is 5.97. The molecule has 29 heavy (non-hydrogen) atoms. The smallest absolute Gasteiger partial charge is 0.317 e. The van der Waals surface area contributed by atoms with E-state index in [4.69, 9.17) is 4.98 Å². The molecule has 0 amide bonds. The normalized spacial score (nSPS) is 17.9. The minimum absolute atomic E-state index is 0.301. The van der Waals surface area contributed by atoms with Gasteiger partial charge in [0.25, 0.3) is 5.56 Å². The third kappa shape index (κ3) is 3.53. The van der Waals surface area contributed by atoms with Crippen LogP contribution in [-0.4, -0.2) is 36.2 Å². The average molecular weight is 399 g/mol. The molecule has 0 unspecified atom stereocenters. The summed E-state index contributed by atoms with van der Waals surface area (Å²) in [6.45, 7) is 4.19. The van der Waals surface area contributed by atoms with Crippen LogP contribution in [-0.2, 0) is 27.2 Å². The molecule has 1 aliphatic rings. The number of halogens is 1. The maximum atomic E-state index is 13.3. The number of fused-ring (bicyclic) bond motifs is 1. The van der Waals surface area contributed by atoms with Crippen LogP contribution in [0.4, 0.5) is 4.39 Å². The first-order valence-corrected chi connectivity index (χ1v) is 10.0. The Morgan fingerprint density at radius 2 is 1.79 bits per heavy atom. The SMILES string of the molecule is C[C@H]1CCCCN1Cc1nc2c(c(=O)n(C)c(=O)n2C)n1Cc1ccc(F)cc1. The molecule has 3 heterocycles. The lowest BCUT2D eigenvalue weighted by Gasteiger charge is -2.33. The Morgan fingerprint density at radius 3 is 2.48 bits per heavy atom. The molecule has 0 radical (unpaired) electrons. The van der Waals surface area contributed by atoms with Gasteiger partial charge in [-0.1, -0.05) is 18.6 Å². The number of nitrogens with zero attached hydrogens (tertiary/aromatic N) is 5. The van der Waals surface area contributed by atoms with E-state index >= 15 is 0 Å². The van der Waals surface area contributed by atoms with E-state index in [0.717, 1.165) is 35.3 Å². The number of imidazole rings is 1. The number of rotatable bonds is 4. The molecule has 154 valence electrons. The van der Waals surface area contributed by atoms with Gasteiger partial charge in [0.05, 0.1) is 6.54 Å². The number of aryl methyl sites for hydroxylation is 1. The van der Waals surface area contributed by atoms with E-state index in [1.54, 1.807) is 19.2 Å². The van der Waals surface area contributed by atoms with Crippen molar-refractivity contribution < 1.29 is 4.39 Å². The fourth-order valence-electron chi connectivity index (χ4n) is 4.13. The fourth-order valence-corrected chi connectivity index (χ4v) is 4.13. The topological polar surface area (TPSA) is 65.1 Å². The second-order valence-corrected chi connectivity index (χ2v) is 7.93. The van der Waals surface area contributed by atoms with Crippen LogP contribution in [0.25, 0.3) is 11.2 Å². The van der Waals surface area contributed by atoms with Gasteiger partial charge in [-0.2, -0.15) is 0 Å². The minimum Gasteiger partial charge on any atom is -0.317 e. The molecule has 1 atom stereocenters. The Balaban J connectivity index is 1.87. The number of benzene rings is 1. The van der Waals surface area contributed by atoms with E-state index in [0.29, 0.717) is 30.3 Å². The molecule has 1 aliphatic heterocycles. The van der Waals surface area contributed by atoms with Gasteiger partial charge >= 0.3 is 5.69 Å². The van der Waals surface area contributed by atoms with E-state index in [1.807, 2.05) is 4.57 Å². The predicted molar refractivity (Wildman–Crippen MR) is 109 cm³/mol. The van der Waals surface area contributed by atoms with Gasteiger partial charge in [0, 0.05) is 26.7 Å². The summed E-state index contributed by atoms with van der Waals surface area (Å²) in [5, 5.41) is 0. The molecule has 4 rings (SSSR count). The predicted octanol–water partition coefficient (Wildman–Crippen LogP) is 2.00. The Hall–Kier alpha value is -2.74. The zero-order valence-corrected chi connectivity index (χ0v) is 17.1. The summed E-state index contributed by atoms with van der Waals surface area (Å²) >= 11 is 0. The highest BCUT2D eigenvalue weighted by atomic mass is 19.1. The maximum absolute atomic E-state index is 13.3. The third-order valence-corrected chi connectivity index (χ3v) is 5.97. The van der Waals surface area contributed by atoms with Crippen LogP contribution in [0.1, 0.15) is 37.6 Å². The van der Waals surface area contributed by atoms with Crippen molar-refractivity contribution in [1.29, 1.82) is 0 Å². The monoisotopic (exact) mass is 399 g/mol. The Morgan fingerprint density at radius 1 is 1.07 bits per heavy atom. The molecule has 0 N–H and O–H groups in total. The minimum atomic E-state index is -0.396. The van der Waals surface area contributed by atoms with Crippen LogP contribution in [0.2, 0.25) is 0 Å². The van der Waals surface area contributed by atoms with Crippen molar-refractivity contribution in [2.75, 3.05) is 6.54 Å².